The summed E-state index contributed by atoms with van der Waals surface area (Å²) < 4.78 is 28.0. The van der Waals surface area contributed by atoms with Gasteiger partial charge < -0.3 is 0 Å². The molecule has 0 aliphatic rings. The summed E-state index contributed by atoms with van der Waals surface area (Å²) >= 11 is 0. The monoisotopic (exact) mass is 399 g/mol. The van der Waals surface area contributed by atoms with Crippen LogP contribution in [-0.2, 0) is 0 Å². The predicted octanol–water partition coefficient (Wildman–Crippen LogP) is 5.34. The lowest BCUT2D eigenvalue weighted by atomic mass is 9.96. The number of hydrogen-bond donors (Lipinski definition) is 1. The molecule has 2 heterocycles. The van der Waals surface area contributed by atoms with E-state index in [1.807, 2.05) is 31.2 Å². The number of aromatic amines is 1. The van der Waals surface area contributed by atoms with Gasteiger partial charge in [-0.25, -0.2) is 13.8 Å². The first-order valence-corrected chi connectivity index (χ1v) is 9.31. The van der Waals surface area contributed by atoms with Crippen molar-refractivity contribution >= 4 is 10.9 Å². The fourth-order valence-corrected chi connectivity index (χ4v) is 3.67. The van der Waals surface area contributed by atoms with Gasteiger partial charge in [-0.1, -0.05) is 42.5 Å². The van der Waals surface area contributed by atoms with E-state index < -0.39 is 0 Å². The van der Waals surface area contributed by atoms with Gasteiger partial charge in [0.15, 0.2) is 0 Å². The van der Waals surface area contributed by atoms with Crippen molar-refractivity contribution in [3.05, 3.63) is 83.9 Å². The number of benzene rings is 3. The molecule has 0 radical (unpaired) electrons. The molecule has 7 heteroatoms. The van der Waals surface area contributed by atoms with E-state index in [-0.39, 0.29) is 11.6 Å². The lowest BCUT2D eigenvalue weighted by molar-refractivity contribution is 0.629. The van der Waals surface area contributed by atoms with Crippen molar-refractivity contribution in [3.63, 3.8) is 0 Å². The van der Waals surface area contributed by atoms with Gasteiger partial charge in [-0.15, -0.1) is 10.2 Å². The van der Waals surface area contributed by atoms with Gasteiger partial charge in [0.2, 0.25) is 5.82 Å². The van der Waals surface area contributed by atoms with Crippen molar-refractivity contribution in [1.29, 1.82) is 0 Å². The molecule has 0 saturated heterocycles. The molecular weight excluding hydrogens is 384 g/mol. The molecular formula is C23H15F2N5. The highest BCUT2D eigenvalue weighted by atomic mass is 19.1. The third-order valence-electron chi connectivity index (χ3n) is 5.10. The molecule has 0 unspecified atom stereocenters. The van der Waals surface area contributed by atoms with Gasteiger partial charge in [-0.2, -0.15) is 5.21 Å². The fourth-order valence-electron chi connectivity index (χ4n) is 3.67. The minimum absolute atomic E-state index is 0.272. The Bertz CT molecular complexity index is 1360. The van der Waals surface area contributed by atoms with Crippen molar-refractivity contribution < 1.29 is 8.78 Å². The number of H-pyrrole nitrogens is 1. The van der Waals surface area contributed by atoms with Gasteiger partial charge in [-0.05, 0) is 47.5 Å². The molecule has 0 amide bonds. The van der Waals surface area contributed by atoms with Crippen LogP contribution >= 0.6 is 0 Å². The minimum atomic E-state index is -0.365. The lowest BCUT2D eigenvalue weighted by Gasteiger charge is -2.13. The molecule has 5 nitrogen and oxygen atoms in total. The quantitative estimate of drug-likeness (QED) is 0.445. The van der Waals surface area contributed by atoms with E-state index in [9.17, 15) is 8.78 Å². The maximum atomic E-state index is 14.1. The number of halogens is 2. The summed E-state index contributed by atoms with van der Waals surface area (Å²) in [4.78, 5) is 4.75. The van der Waals surface area contributed by atoms with Crippen LogP contribution in [0.4, 0.5) is 8.78 Å². The third kappa shape index (κ3) is 3.00. The number of nitrogens with one attached hydrogen (secondary N) is 1. The van der Waals surface area contributed by atoms with Crippen LogP contribution in [0.25, 0.3) is 44.7 Å². The number of rotatable bonds is 3. The molecule has 146 valence electrons. The Kier molecular flexibility index (Phi) is 4.28. The van der Waals surface area contributed by atoms with Crippen LogP contribution in [-0.4, -0.2) is 25.6 Å². The second-order valence-electron chi connectivity index (χ2n) is 6.91. The molecule has 0 spiro atoms. The van der Waals surface area contributed by atoms with E-state index in [1.165, 1.54) is 18.2 Å². The summed E-state index contributed by atoms with van der Waals surface area (Å²) in [5.41, 5.74) is 4.97. The summed E-state index contributed by atoms with van der Waals surface area (Å²) in [5, 5.41) is 14.9. The second kappa shape index (κ2) is 7.11. The number of hydrogen-bond acceptors (Lipinski definition) is 4. The highest BCUT2D eigenvalue weighted by molar-refractivity contribution is 5.97. The molecule has 5 aromatic rings. The van der Waals surface area contributed by atoms with E-state index in [0.29, 0.717) is 33.5 Å². The fraction of sp³-hybridized carbons (Fsp3) is 0.0435. The average molecular weight is 399 g/mol. The molecule has 0 aliphatic carbocycles. The molecule has 3 aromatic carbocycles. The Balaban J connectivity index is 1.69. The molecule has 0 aliphatic heterocycles. The van der Waals surface area contributed by atoms with Crippen molar-refractivity contribution in [2.24, 2.45) is 0 Å². The molecule has 5 rings (SSSR count). The molecule has 0 fully saturated rings. The third-order valence-corrected chi connectivity index (χ3v) is 5.10. The SMILES string of the molecule is Cc1c(-c2ccc(-c3ccccc3F)cc2)nc2ccc(F)cc2c1-c1nn[nH]n1. The molecule has 2 aromatic heterocycles. The van der Waals surface area contributed by atoms with Crippen molar-refractivity contribution in [1.82, 2.24) is 25.6 Å². The lowest BCUT2D eigenvalue weighted by Crippen LogP contribution is -1.97. The van der Waals surface area contributed by atoms with Crippen LogP contribution in [0, 0.1) is 18.6 Å². The van der Waals surface area contributed by atoms with Crippen LogP contribution in [0.5, 0.6) is 0 Å². The average Bonchev–Trinajstić information content (AvgIpc) is 3.28. The Hall–Kier alpha value is -4.00. The Morgan fingerprint density at radius 1 is 0.867 bits per heavy atom. The summed E-state index contributed by atoms with van der Waals surface area (Å²) in [6.45, 7) is 1.89. The van der Waals surface area contributed by atoms with Gasteiger partial charge in [-0.3, -0.25) is 0 Å². The predicted molar refractivity (Wildman–Crippen MR) is 110 cm³/mol. The Morgan fingerprint density at radius 2 is 1.63 bits per heavy atom. The maximum absolute atomic E-state index is 14.1. The van der Waals surface area contributed by atoms with E-state index in [4.69, 9.17) is 4.98 Å². The first kappa shape index (κ1) is 18.1. The van der Waals surface area contributed by atoms with E-state index in [1.54, 1.807) is 24.3 Å². The number of fused-ring (bicyclic) bond motifs is 1. The molecule has 1 N–H and O–H groups in total. The normalized spacial score (nSPS) is 11.2. The maximum Gasteiger partial charge on any atom is 0.205 e. The van der Waals surface area contributed by atoms with Gasteiger partial charge in [0.1, 0.15) is 11.6 Å². The van der Waals surface area contributed by atoms with E-state index >= 15 is 0 Å². The van der Waals surface area contributed by atoms with E-state index in [2.05, 4.69) is 20.6 Å². The van der Waals surface area contributed by atoms with Crippen molar-refractivity contribution in [2.75, 3.05) is 0 Å². The molecule has 0 saturated carbocycles. The summed E-state index contributed by atoms with van der Waals surface area (Å²) in [7, 11) is 0. The van der Waals surface area contributed by atoms with Crippen LogP contribution in [0.15, 0.2) is 66.7 Å². The zero-order chi connectivity index (χ0) is 20.7. The van der Waals surface area contributed by atoms with Crippen LogP contribution in [0.2, 0.25) is 0 Å². The number of nitrogens with zero attached hydrogens (tertiary/aromatic N) is 4. The zero-order valence-electron chi connectivity index (χ0n) is 15.9. The first-order valence-electron chi connectivity index (χ1n) is 9.31. The Labute approximate surface area is 170 Å². The van der Waals surface area contributed by atoms with Gasteiger partial charge in [0.05, 0.1) is 11.2 Å². The summed E-state index contributed by atoms with van der Waals surface area (Å²) in [6, 6.07) is 18.6. The second-order valence-corrected chi connectivity index (χ2v) is 6.91. The highest BCUT2D eigenvalue weighted by Gasteiger charge is 2.18. The van der Waals surface area contributed by atoms with Crippen LogP contribution in [0.3, 0.4) is 0 Å². The van der Waals surface area contributed by atoms with Crippen molar-refractivity contribution in [3.8, 4) is 33.8 Å². The van der Waals surface area contributed by atoms with Gasteiger partial charge in [0, 0.05) is 22.1 Å². The zero-order valence-corrected chi connectivity index (χ0v) is 15.9. The Morgan fingerprint density at radius 3 is 2.37 bits per heavy atom. The van der Waals surface area contributed by atoms with Gasteiger partial charge >= 0.3 is 0 Å². The first-order chi connectivity index (χ1) is 14.6. The summed E-state index contributed by atoms with van der Waals surface area (Å²) in [6.07, 6.45) is 0. The largest absolute Gasteiger partial charge is 0.247 e. The smallest absolute Gasteiger partial charge is 0.205 e. The standard InChI is InChI=1S/C23H15F2N5/c1-13-21(23-27-29-30-28-23)18-12-16(24)10-11-20(18)26-22(13)15-8-6-14(7-9-15)17-4-2-3-5-19(17)25/h2-12H,1H3,(H,27,28,29,30). The summed E-state index contributed by atoms with van der Waals surface area (Å²) in [5.74, 6) is -0.267. The minimum Gasteiger partial charge on any atom is -0.247 e. The van der Waals surface area contributed by atoms with Crippen LogP contribution in [0.1, 0.15) is 5.56 Å². The molecule has 0 atom stereocenters. The molecule has 30 heavy (non-hydrogen) atoms. The molecule has 0 bridgehead atoms. The van der Waals surface area contributed by atoms with E-state index in [0.717, 1.165) is 16.7 Å². The van der Waals surface area contributed by atoms with Crippen LogP contribution < -0.4 is 0 Å². The number of tetrazole rings is 1. The topological polar surface area (TPSA) is 67.3 Å². The number of aromatic nitrogens is 5. The highest BCUT2D eigenvalue weighted by Crippen LogP contribution is 2.35. The van der Waals surface area contributed by atoms with Crippen molar-refractivity contribution in [2.45, 2.75) is 6.92 Å². The number of pyridine rings is 1. The van der Waals surface area contributed by atoms with Gasteiger partial charge in [0.25, 0.3) is 0 Å².